The van der Waals surface area contributed by atoms with Crippen LogP contribution in [0, 0.1) is 6.92 Å². The van der Waals surface area contributed by atoms with Crippen molar-refractivity contribution in [3.05, 3.63) is 35.4 Å². The van der Waals surface area contributed by atoms with Gasteiger partial charge in [-0.1, -0.05) is 29.8 Å². The molecule has 0 amide bonds. The summed E-state index contributed by atoms with van der Waals surface area (Å²) in [4.78, 5) is 9.94. The van der Waals surface area contributed by atoms with Crippen LogP contribution in [0.3, 0.4) is 0 Å². The van der Waals surface area contributed by atoms with Crippen LogP contribution in [0.4, 0.5) is 0 Å². The van der Waals surface area contributed by atoms with E-state index in [1.807, 2.05) is 31.2 Å². The van der Waals surface area contributed by atoms with Crippen LogP contribution >= 0.6 is 8.81 Å². The number of nitrogens with two attached hydrogens (primary N) is 1. The Balaban J connectivity index is 2.43. The Morgan fingerprint density at radius 2 is 2.14 bits per heavy atom. The van der Waals surface area contributed by atoms with Gasteiger partial charge in [0.05, 0.1) is 14.6 Å². The summed E-state index contributed by atoms with van der Waals surface area (Å²) in [6.07, 6.45) is 0.743. The third kappa shape index (κ3) is 3.86. The maximum absolute atomic E-state index is 9.94. The van der Waals surface area contributed by atoms with E-state index in [2.05, 4.69) is 4.52 Å². The lowest BCUT2D eigenvalue weighted by Gasteiger charge is -2.09. The molecule has 3 nitrogen and oxygen atoms in total. The average Bonchev–Trinajstić information content (AvgIpc) is 2.18. The first-order valence-corrected chi connectivity index (χ1v) is 5.37. The van der Waals surface area contributed by atoms with Crippen LogP contribution in [-0.4, -0.2) is 12.3 Å². The summed E-state index contributed by atoms with van der Waals surface area (Å²) in [5, 5.41) is 0. The van der Waals surface area contributed by atoms with E-state index >= 15 is 0 Å². The molecule has 0 fully saturated rings. The van der Waals surface area contributed by atoms with Crippen LogP contribution in [0.2, 0.25) is 0 Å². The van der Waals surface area contributed by atoms with Crippen LogP contribution in [0.5, 0.6) is 0 Å². The minimum absolute atomic E-state index is 0.0385. The predicted octanol–water partition coefficient (Wildman–Crippen LogP) is 1.59. The molecule has 0 aliphatic heterocycles. The zero-order valence-electron chi connectivity index (χ0n) is 8.07. The summed E-state index contributed by atoms with van der Waals surface area (Å²) < 4.78 is 4.61. The number of carbonyl (C=O) groups is 1. The van der Waals surface area contributed by atoms with Crippen molar-refractivity contribution in [1.82, 2.24) is 0 Å². The summed E-state index contributed by atoms with van der Waals surface area (Å²) in [7, 11) is 0.0385. The normalized spacial score (nSPS) is 13.0. The molecule has 2 atom stereocenters. The minimum Gasteiger partial charge on any atom is -0.449 e. The predicted molar refractivity (Wildman–Crippen MR) is 58.3 cm³/mol. The maximum atomic E-state index is 9.94. The molecular weight excluding hydrogens is 197 g/mol. The van der Waals surface area contributed by atoms with Crippen LogP contribution in [0.25, 0.3) is 0 Å². The highest BCUT2D eigenvalue weighted by molar-refractivity contribution is 7.33. The SMILES string of the molecule is Cc1ccc(CC(N)POC=O)cc1. The van der Waals surface area contributed by atoms with Crippen molar-refractivity contribution in [3.8, 4) is 0 Å². The highest BCUT2D eigenvalue weighted by Crippen LogP contribution is 2.18. The second-order valence-corrected chi connectivity index (χ2v) is 4.34. The zero-order valence-corrected chi connectivity index (χ0v) is 9.07. The Morgan fingerprint density at radius 1 is 1.50 bits per heavy atom. The first-order chi connectivity index (χ1) is 6.72. The average molecular weight is 211 g/mol. The smallest absolute Gasteiger partial charge is 0.295 e. The first-order valence-electron chi connectivity index (χ1n) is 4.38. The molecule has 2 unspecified atom stereocenters. The highest BCUT2D eigenvalue weighted by atomic mass is 31.1. The summed E-state index contributed by atoms with van der Waals surface area (Å²) in [5.41, 5.74) is 8.16. The second-order valence-electron chi connectivity index (χ2n) is 3.13. The van der Waals surface area contributed by atoms with E-state index in [4.69, 9.17) is 5.73 Å². The summed E-state index contributed by atoms with van der Waals surface area (Å²) in [6.45, 7) is 2.48. The minimum atomic E-state index is -0.0945. The van der Waals surface area contributed by atoms with Crippen molar-refractivity contribution in [3.63, 3.8) is 0 Å². The molecule has 0 heterocycles. The molecule has 2 N–H and O–H groups in total. The number of aryl methyl sites for hydroxylation is 1. The topological polar surface area (TPSA) is 52.3 Å². The van der Waals surface area contributed by atoms with Gasteiger partial charge in [0, 0.05) is 0 Å². The number of benzene rings is 1. The summed E-state index contributed by atoms with van der Waals surface area (Å²) in [6, 6.07) is 8.18. The zero-order chi connectivity index (χ0) is 10.4. The summed E-state index contributed by atoms with van der Waals surface area (Å²) in [5.74, 6) is -0.0945. The van der Waals surface area contributed by atoms with E-state index in [-0.39, 0.29) is 14.6 Å². The molecule has 1 rings (SSSR count). The third-order valence-corrected chi connectivity index (χ3v) is 2.58. The largest absolute Gasteiger partial charge is 0.449 e. The fraction of sp³-hybridized carbons (Fsp3) is 0.300. The molecule has 0 aromatic heterocycles. The molecule has 0 bridgehead atoms. The molecule has 0 aliphatic carbocycles. The fourth-order valence-electron chi connectivity index (χ4n) is 1.13. The molecule has 0 saturated carbocycles. The molecule has 4 heteroatoms. The van der Waals surface area contributed by atoms with E-state index in [0.29, 0.717) is 6.47 Å². The van der Waals surface area contributed by atoms with Crippen molar-refractivity contribution < 1.29 is 9.32 Å². The van der Waals surface area contributed by atoms with Gasteiger partial charge in [0.2, 0.25) is 0 Å². The molecule has 1 aromatic rings. The van der Waals surface area contributed by atoms with Gasteiger partial charge in [-0.2, -0.15) is 0 Å². The Labute approximate surface area is 85.5 Å². The van der Waals surface area contributed by atoms with Gasteiger partial charge in [0.1, 0.15) is 0 Å². The van der Waals surface area contributed by atoms with Gasteiger partial charge in [-0.05, 0) is 18.9 Å². The highest BCUT2D eigenvalue weighted by Gasteiger charge is 2.04. The van der Waals surface area contributed by atoms with Crippen LogP contribution in [0.1, 0.15) is 11.1 Å². The molecule has 0 radical (unpaired) electrons. The number of hydrogen-bond donors (Lipinski definition) is 1. The van der Waals surface area contributed by atoms with Crippen LogP contribution < -0.4 is 5.73 Å². The Hall–Kier alpha value is -0.920. The van der Waals surface area contributed by atoms with Crippen LogP contribution in [0.15, 0.2) is 24.3 Å². The van der Waals surface area contributed by atoms with Gasteiger partial charge >= 0.3 is 0 Å². The molecule has 1 aromatic carbocycles. The lowest BCUT2D eigenvalue weighted by atomic mass is 10.1. The van der Waals surface area contributed by atoms with Crippen LogP contribution in [-0.2, 0) is 15.7 Å². The van der Waals surface area contributed by atoms with Gasteiger partial charge in [0.15, 0.2) is 0 Å². The Kier molecular flexibility index (Phi) is 4.57. The molecule has 14 heavy (non-hydrogen) atoms. The quantitative estimate of drug-likeness (QED) is 0.594. The van der Waals surface area contributed by atoms with Crippen molar-refractivity contribution in [1.29, 1.82) is 0 Å². The number of hydrogen-bond acceptors (Lipinski definition) is 3. The fourth-order valence-corrected chi connectivity index (χ4v) is 1.68. The monoisotopic (exact) mass is 211 g/mol. The Bertz CT molecular complexity index is 287. The van der Waals surface area contributed by atoms with Crippen molar-refractivity contribution in [2.45, 2.75) is 19.1 Å². The van der Waals surface area contributed by atoms with Gasteiger partial charge in [0.25, 0.3) is 6.47 Å². The van der Waals surface area contributed by atoms with E-state index in [0.717, 1.165) is 6.42 Å². The second kappa shape index (κ2) is 5.74. The van der Waals surface area contributed by atoms with Crippen molar-refractivity contribution >= 4 is 15.3 Å². The standard InChI is InChI=1S/C10H14NO2P/c1-8-2-4-9(5-3-8)6-10(11)14-13-7-12/h2-5,7,10,14H,6,11H2,1H3. The molecular formula is C10H14NO2P. The van der Waals surface area contributed by atoms with Gasteiger partial charge in [-0.3, -0.25) is 4.79 Å². The van der Waals surface area contributed by atoms with E-state index < -0.39 is 0 Å². The molecule has 76 valence electrons. The molecule has 0 saturated heterocycles. The Morgan fingerprint density at radius 3 is 2.71 bits per heavy atom. The molecule has 0 spiro atoms. The number of rotatable bonds is 5. The third-order valence-electron chi connectivity index (χ3n) is 1.84. The van der Waals surface area contributed by atoms with E-state index in [9.17, 15) is 4.79 Å². The maximum Gasteiger partial charge on any atom is 0.295 e. The lowest BCUT2D eigenvalue weighted by molar-refractivity contribution is -0.119. The summed E-state index contributed by atoms with van der Waals surface area (Å²) >= 11 is 0. The number of carbonyl (C=O) groups excluding carboxylic acids is 1. The van der Waals surface area contributed by atoms with E-state index in [1.54, 1.807) is 0 Å². The van der Waals surface area contributed by atoms with E-state index in [1.165, 1.54) is 11.1 Å². The van der Waals surface area contributed by atoms with Crippen molar-refractivity contribution in [2.75, 3.05) is 0 Å². The van der Waals surface area contributed by atoms with Gasteiger partial charge in [-0.15, -0.1) is 0 Å². The van der Waals surface area contributed by atoms with Crippen molar-refractivity contribution in [2.24, 2.45) is 5.73 Å². The van der Waals surface area contributed by atoms with Gasteiger partial charge < -0.3 is 10.3 Å². The lowest BCUT2D eigenvalue weighted by Crippen LogP contribution is -2.17. The van der Waals surface area contributed by atoms with Gasteiger partial charge in [-0.25, -0.2) is 0 Å². The first kappa shape index (κ1) is 11.2. The molecule has 0 aliphatic rings.